The fourth-order valence-corrected chi connectivity index (χ4v) is 3.99. The molecule has 2 rings (SSSR count). The number of ether oxygens (including phenoxy) is 1. The molecule has 128 valence electrons. The predicted octanol–water partition coefficient (Wildman–Crippen LogP) is 1.41. The molecule has 2 aliphatic rings. The summed E-state index contributed by atoms with van der Waals surface area (Å²) in [7, 11) is -2.92. The minimum absolute atomic E-state index is 0.156. The standard InChI is InChI=1S/C15H28N2O4S/c1-15(2,3)21-14(18)17-12-5-6-13(17)11(9-12)10-16-7-8-22(4,19)20/h11-13,16H,5-10H2,1-4H3. The fraction of sp³-hybridized carbons (Fsp3) is 0.933. The van der Waals surface area contributed by atoms with Gasteiger partial charge in [-0.3, -0.25) is 0 Å². The summed E-state index contributed by atoms with van der Waals surface area (Å²) >= 11 is 0. The summed E-state index contributed by atoms with van der Waals surface area (Å²) in [5, 5.41) is 3.22. The molecule has 0 aromatic heterocycles. The molecule has 0 aromatic rings. The number of hydrogen-bond donors (Lipinski definition) is 1. The second kappa shape index (κ2) is 6.35. The van der Waals surface area contributed by atoms with Gasteiger partial charge in [-0.05, 0) is 46.0 Å². The molecule has 7 heteroatoms. The number of fused-ring (bicyclic) bond motifs is 2. The number of carbonyl (C=O) groups is 1. The lowest BCUT2D eigenvalue weighted by atomic mass is 9.89. The summed E-state index contributed by atoms with van der Waals surface area (Å²) in [5.41, 5.74) is -0.470. The first-order chi connectivity index (χ1) is 10.1. The van der Waals surface area contributed by atoms with Crippen LogP contribution in [-0.4, -0.2) is 62.2 Å². The van der Waals surface area contributed by atoms with E-state index < -0.39 is 15.4 Å². The Labute approximate surface area is 133 Å². The van der Waals surface area contributed by atoms with Crippen molar-refractivity contribution in [2.45, 2.75) is 57.7 Å². The number of hydrogen-bond acceptors (Lipinski definition) is 5. The minimum atomic E-state index is -2.92. The molecule has 0 aliphatic carbocycles. The molecule has 2 fully saturated rings. The van der Waals surface area contributed by atoms with Crippen molar-refractivity contribution >= 4 is 15.9 Å². The van der Waals surface area contributed by atoms with Gasteiger partial charge in [0.05, 0.1) is 5.75 Å². The SMILES string of the molecule is CC(C)(C)OC(=O)N1C2CCC1C(CNCCS(C)(=O)=O)C2. The average Bonchev–Trinajstić information content (AvgIpc) is 2.88. The molecule has 0 aromatic carbocycles. The Kier molecular flexibility index (Phi) is 5.06. The maximum absolute atomic E-state index is 12.3. The minimum Gasteiger partial charge on any atom is -0.444 e. The molecule has 0 radical (unpaired) electrons. The normalized spacial score (nSPS) is 28.2. The first-order valence-corrected chi connectivity index (χ1v) is 10.0. The van der Waals surface area contributed by atoms with Crippen LogP contribution in [0.5, 0.6) is 0 Å². The van der Waals surface area contributed by atoms with E-state index in [-0.39, 0.29) is 23.9 Å². The van der Waals surface area contributed by atoms with Crippen LogP contribution in [0, 0.1) is 5.92 Å². The number of nitrogens with one attached hydrogen (secondary N) is 1. The first-order valence-electron chi connectivity index (χ1n) is 7.96. The van der Waals surface area contributed by atoms with Crippen molar-refractivity contribution in [1.29, 1.82) is 0 Å². The highest BCUT2D eigenvalue weighted by atomic mass is 32.2. The molecule has 3 unspecified atom stereocenters. The average molecular weight is 332 g/mol. The van der Waals surface area contributed by atoms with E-state index in [1.165, 1.54) is 6.26 Å². The van der Waals surface area contributed by atoms with Crippen molar-refractivity contribution < 1.29 is 17.9 Å². The van der Waals surface area contributed by atoms with Gasteiger partial charge in [0.2, 0.25) is 0 Å². The van der Waals surface area contributed by atoms with E-state index in [9.17, 15) is 13.2 Å². The number of rotatable bonds is 5. The Bertz CT molecular complexity index is 512. The second-order valence-electron chi connectivity index (χ2n) is 7.52. The molecule has 22 heavy (non-hydrogen) atoms. The van der Waals surface area contributed by atoms with E-state index in [0.717, 1.165) is 25.8 Å². The van der Waals surface area contributed by atoms with Crippen molar-refractivity contribution in [2.24, 2.45) is 5.92 Å². The van der Waals surface area contributed by atoms with Crippen LogP contribution in [0.2, 0.25) is 0 Å². The lowest BCUT2D eigenvalue weighted by molar-refractivity contribution is 0.0205. The molecular formula is C15H28N2O4S. The highest BCUT2D eigenvalue weighted by Gasteiger charge is 2.49. The zero-order valence-electron chi connectivity index (χ0n) is 14.0. The third kappa shape index (κ3) is 4.59. The number of amides is 1. The van der Waals surface area contributed by atoms with Crippen molar-refractivity contribution in [3.05, 3.63) is 0 Å². The fourth-order valence-electron chi connectivity index (χ4n) is 3.48. The van der Waals surface area contributed by atoms with E-state index in [2.05, 4.69) is 5.32 Å². The molecule has 2 aliphatic heterocycles. The van der Waals surface area contributed by atoms with E-state index in [4.69, 9.17) is 4.74 Å². The summed E-state index contributed by atoms with van der Waals surface area (Å²) in [4.78, 5) is 14.2. The lowest BCUT2D eigenvalue weighted by Crippen LogP contribution is -2.41. The highest BCUT2D eigenvalue weighted by Crippen LogP contribution is 2.42. The van der Waals surface area contributed by atoms with Crippen LogP contribution >= 0.6 is 0 Å². The topological polar surface area (TPSA) is 75.7 Å². The van der Waals surface area contributed by atoms with Crippen LogP contribution in [0.25, 0.3) is 0 Å². The molecule has 1 N–H and O–H groups in total. The summed E-state index contributed by atoms with van der Waals surface area (Å²) in [6.45, 7) is 6.88. The van der Waals surface area contributed by atoms with Crippen LogP contribution < -0.4 is 5.32 Å². The van der Waals surface area contributed by atoms with Gasteiger partial charge in [0, 0.05) is 31.4 Å². The third-order valence-corrected chi connectivity index (χ3v) is 5.27. The molecule has 6 nitrogen and oxygen atoms in total. The Morgan fingerprint density at radius 2 is 2.00 bits per heavy atom. The van der Waals surface area contributed by atoms with Crippen LogP contribution in [0.3, 0.4) is 0 Å². The Morgan fingerprint density at radius 3 is 2.59 bits per heavy atom. The van der Waals surface area contributed by atoms with Gasteiger partial charge in [-0.15, -0.1) is 0 Å². The summed E-state index contributed by atoms with van der Waals surface area (Å²) in [6, 6.07) is 0.507. The van der Waals surface area contributed by atoms with Crippen LogP contribution in [0.15, 0.2) is 0 Å². The van der Waals surface area contributed by atoms with Crippen LogP contribution in [-0.2, 0) is 14.6 Å². The van der Waals surface area contributed by atoms with Crippen LogP contribution in [0.1, 0.15) is 40.0 Å². The van der Waals surface area contributed by atoms with Gasteiger partial charge in [0.25, 0.3) is 0 Å². The smallest absolute Gasteiger partial charge is 0.410 e. The van der Waals surface area contributed by atoms with E-state index in [0.29, 0.717) is 12.5 Å². The Morgan fingerprint density at radius 1 is 1.32 bits per heavy atom. The maximum Gasteiger partial charge on any atom is 0.410 e. The highest BCUT2D eigenvalue weighted by molar-refractivity contribution is 7.90. The first kappa shape index (κ1) is 17.5. The monoisotopic (exact) mass is 332 g/mol. The molecule has 0 spiro atoms. The van der Waals surface area contributed by atoms with E-state index >= 15 is 0 Å². The summed E-state index contributed by atoms with van der Waals surface area (Å²) in [6.07, 6.45) is 4.08. The van der Waals surface area contributed by atoms with Gasteiger partial charge >= 0.3 is 6.09 Å². The zero-order chi connectivity index (χ0) is 16.5. The zero-order valence-corrected chi connectivity index (χ0v) is 14.8. The third-order valence-electron chi connectivity index (χ3n) is 4.33. The molecule has 2 saturated heterocycles. The number of sulfone groups is 1. The van der Waals surface area contributed by atoms with Gasteiger partial charge in [0.15, 0.2) is 0 Å². The largest absolute Gasteiger partial charge is 0.444 e. The van der Waals surface area contributed by atoms with E-state index in [1.807, 2.05) is 25.7 Å². The number of nitrogens with zero attached hydrogens (tertiary/aromatic N) is 1. The molecule has 0 saturated carbocycles. The molecule has 1 amide bonds. The van der Waals surface area contributed by atoms with Gasteiger partial charge in [-0.25, -0.2) is 13.2 Å². The Hall–Kier alpha value is -0.820. The van der Waals surface area contributed by atoms with Crippen LogP contribution in [0.4, 0.5) is 4.79 Å². The summed E-state index contributed by atoms with van der Waals surface area (Å²) in [5.74, 6) is 0.551. The second-order valence-corrected chi connectivity index (χ2v) is 9.78. The quantitative estimate of drug-likeness (QED) is 0.770. The maximum atomic E-state index is 12.3. The van der Waals surface area contributed by atoms with Gasteiger partial charge < -0.3 is 15.0 Å². The summed E-state index contributed by atoms with van der Waals surface area (Å²) < 4.78 is 27.7. The predicted molar refractivity (Wildman–Crippen MR) is 85.6 cm³/mol. The van der Waals surface area contributed by atoms with Crippen molar-refractivity contribution in [2.75, 3.05) is 25.1 Å². The lowest BCUT2D eigenvalue weighted by Gasteiger charge is -2.28. The molecule has 2 bridgehead atoms. The van der Waals surface area contributed by atoms with Crippen molar-refractivity contribution in [3.8, 4) is 0 Å². The van der Waals surface area contributed by atoms with Crippen molar-refractivity contribution in [1.82, 2.24) is 10.2 Å². The molecular weight excluding hydrogens is 304 g/mol. The molecule has 2 heterocycles. The van der Waals surface area contributed by atoms with E-state index in [1.54, 1.807) is 0 Å². The Balaban J connectivity index is 1.84. The van der Waals surface area contributed by atoms with Crippen molar-refractivity contribution in [3.63, 3.8) is 0 Å². The molecule has 3 atom stereocenters. The van der Waals surface area contributed by atoms with Gasteiger partial charge in [0.1, 0.15) is 15.4 Å². The number of carbonyl (C=O) groups excluding carboxylic acids is 1. The van der Waals surface area contributed by atoms with Gasteiger partial charge in [-0.1, -0.05) is 0 Å². The van der Waals surface area contributed by atoms with Gasteiger partial charge in [-0.2, -0.15) is 0 Å².